The zero-order chi connectivity index (χ0) is 9.26. The van der Waals surface area contributed by atoms with E-state index in [9.17, 15) is 0 Å². The number of benzene rings is 1. The van der Waals surface area contributed by atoms with E-state index in [2.05, 4.69) is 42.3 Å². The summed E-state index contributed by atoms with van der Waals surface area (Å²) in [4.78, 5) is 3.35. The molecule has 2 aromatic rings. The first-order chi connectivity index (χ1) is 6.33. The van der Waals surface area contributed by atoms with Crippen molar-refractivity contribution in [1.29, 1.82) is 0 Å². The van der Waals surface area contributed by atoms with Gasteiger partial charge in [-0.05, 0) is 25.5 Å². The van der Waals surface area contributed by atoms with E-state index in [1.165, 1.54) is 16.5 Å². The highest BCUT2D eigenvalue weighted by atomic mass is 15.0. The largest absolute Gasteiger partial charge is 0.372 e. The number of hydrogen-bond acceptors (Lipinski definition) is 1. The molecule has 0 bridgehead atoms. The molecule has 1 heterocycles. The fourth-order valence-corrected chi connectivity index (χ4v) is 1.64. The Kier molecular flexibility index (Phi) is 1.97. The Morgan fingerprint density at radius 3 is 2.77 bits per heavy atom. The van der Waals surface area contributed by atoms with Gasteiger partial charge in [-0.3, -0.25) is 0 Å². The fraction of sp³-hybridized carbons (Fsp3) is 0.273. The molecule has 68 valence electrons. The van der Waals surface area contributed by atoms with Crippen molar-refractivity contribution in [2.75, 3.05) is 11.9 Å². The lowest BCUT2D eigenvalue weighted by Gasteiger charge is -1.99. The van der Waals surface area contributed by atoms with Crippen LogP contribution < -0.4 is 5.32 Å². The molecule has 0 unspecified atom stereocenters. The number of nitrogens with one attached hydrogen (secondary N) is 2. The molecule has 0 radical (unpaired) electrons. The summed E-state index contributed by atoms with van der Waals surface area (Å²) in [7, 11) is 0. The van der Waals surface area contributed by atoms with Crippen molar-refractivity contribution in [3.63, 3.8) is 0 Å². The first kappa shape index (κ1) is 8.17. The molecule has 2 heteroatoms. The van der Waals surface area contributed by atoms with Crippen LogP contribution in [0.5, 0.6) is 0 Å². The van der Waals surface area contributed by atoms with Gasteiger partial charge in [-0.25, -0.2) is 0 Å². The summed E-state index contributed by atoms with van der Waals surface area (Å²) in [6, 6.07) is 8.36. The second kappa shape index (κ2) is 3.13. The highest BCUT2D eigenvalue weighted by Crippen LogP contribution is 2.24. The first-order valence-electron chi connectivity index (χ1n) is 4.64. The lowest BCUT2D eigenvalue weighted by molar-refractivity contribution is 1.17. The van der Waals surface area contributed by atoms with Crippen molar-refractivity contribution in [3.8, 4) is 0 Å². The molecule has 0 saturated heterocycles. The maximum absolute atomic E-state index is 3.35. The van der Waals surface area contributed by atoms with Crippen molar-refractivity contribution >= 4 is 16.7 Å². The summed E-state index contributed by atoms with van der Waals surface area (Å²) in [6.45, 7) is 5.19. The zero-order valence-corrected chi connectivity index (χ0v) is 8.02. The van der Waals surface area contributed by atoms with Crippen molar-refractivity contribution in [3.05, 3.63) is 29.8 Å². The maximum Gasteiger partial charge on any atom is 0.107 e. The molecule has 0 aliphatic carbocycles. The SMILES string of the molecule is CCNc1[nH]c2ccccc2c1C. The molecule has 13 heavy (non-hydrogen) atoms. The molecule has 1 aromatic heterocycles. The van der Waals surface area contributed by atoms with Gasteiger partial charge < -0.3 is 10.3 Å². The highest BCUT2D eigenvalue weighted by Gasteiger charge is 2.04. The Labute approximate surface area is 78.0 Å². The van der Waals surface area contributed by atoms with E-state index in [0.717, 1.165) is 12.4 Å². The average Bonchev–Trinajstić information content (AvgIpc) is 2.46. The smallest absolute Gasteiger partial charge is 0.107 e. The topological polar surface area (TPSA) is 27.8 Å². The van der Waals surface area contributed by atoms with Gasteiger partial charge in [-0.15, -0.1) is 0 Å². The minimum absolute atomic E-state index is 0.952. The van der Waals surface area contributed by atoms with E-state index >= 15 is 0 Å². The van der Waals surface area contributed by atoms with Gasteiger partial charge in [-0.2, -0.15) is 0 Å². The third-order valence-electron chi connectivity index (χ3n) is 2.32. The summed E-state index contributed by atoms with van der Waals surface area (Å²) in [5.74, 6) is 1.14. The molecule has 2 rings (SSSR count). The predicted octanol–water partition coefficient (Wildman–Crippen LogP) is 2.91. The van der Waals surface area contributed by atoms with Gasteiger partial charge in [-0.1, -0.05) is 18.2 Å². The van der Waals surface area contributed by atoms with Gasteiger partial charge >= 0.3 is 0 Å². The van der Waals surface area contributed by atoms with Gasteiger partial charge in [0.15, 0.2) is 0 Å². The molecule has 0 atom stereocenters. The van der Waals surface area contributed by atoms with Gasteiger partial charge in [0, 0.05) is 17.4 Å². The number of anilines is 1. The fourth-order valence-electron chi connectivity index (χ4n) is 1.64. The van der Waals surface area contributed by atoms with Crippen molar-refractivity contribution in [1.82, 2.24) is 4.98 Å². The van der Waals surface area contributed by atoms with Crippen LogP contribution in [-0.4, -0.2) is 11.5 Å². The molecule has 0 aliphatic rings. The Balaban J connectivity index is 2.60. The zero-order valence-electron chi connectivity index (χ0n) is 8.02. The van der Waals surface area contributed by atoms with Crippen LogP contribution in [0.15, 0.2) is 24.3 Å². The number of hydrogen-bond donors (Lipinski definition) is 2. The summed E-state index contributed by atoms with van der Waals surface area (Å²) in [5, 5.41) is 4.61. The Morgan fingerprint density at radius 1 is 1.31 bits per heavy atom. The van der Waals surface area contributed by atoms with Crippen LogP contribution >= 0.6 is 0 Å². The maximum atomic E-state index is 3.35. The van der Waals surface area contributed by atoms with Gasteiger partial charge in [0.1, 0.15) is 5.82 Å². The van der Waals surface area contributed by atoms with Crippen LogP contribution in [0.1, 0.15) is 12.5 Å². The van der Waals surface area contributed by atoms with Crippen LogP contribution in [0.2, 0.25) is 0 Å². The highest BCUT2D eigenvalue weighted by molar-refractivity contribution is 5.88. The van der Waals surface area contributed by atoms with Crippen molar-refractivity contribution in [2.24, 2.45) is 0 Å². The van der Waals surface area contributed by atoms with Crippen LogP contribution in [0, 0.1) is 6.92 Å². The summed E-state index contributed by atoms with van der Waals surface area (Å²) in [6.07, 6.45) is 0. The molecule has 1 aromatic carbocycles. The number of rotatable bonds is 2. The molecule has 0 spiro atoms. The van der Waals surface area contributed by atoms with E-state index in [4.69, 9.17) is 0 Å². The number of fused-ring (bicyclic) bond motifs is 1. The molecular weight excluding hydrogens is 160 g/mol. The van der Waals surface area contributed by atoms with Crippen LogP contribution in [0.3, 0.4) is 0 Å². The second-order valence-corrected chi connectivity index (χ2v) is 3.20. The average molecular weight is 174 g/mol. The normalized spacial score (nSPS) is 10.6. The van der Waals surface area contributed by atoms with E-state index in [1.807, 2.05) is 6.07 Å². The molecule has 2 nitrogen and oxygen atoms in total. The summed E-state index contributed by atoms with van der Waals surface area (Å²) >= 11 is 0. The number of H-pyrrole nitrogens is 1. The van der Waals surface area contributed by atoms with E-state index in [0.29, 0.717) is 0 Å². The molecular formula is C11H14N2. The number of aromatic amines is 1. The standard InChI is InChI=1S/C11H14N2/c1-3-12-11-8(2)9-6-4-5-7-10(9)13-11/h4-7,12-13H,3H2,1-2H3. The predicted molar refractivity (Wildman–Crippen MR) is 57.2 cm³/mol. The molecule has 0 fully saturated rings. The van der Waals surface area contributed by atoms with Gasteiger partial charge in [0.05, 0.1) is 0 Å². The van der Waals surface area contributed by atoms with E-state index in [1.54, 1.807) is 0 Å². The van der Waals surface area contributed by atoms with E-state index < -0.39 is 0 Å². The summed E-state index contributed by atoms with van der Waals surface area (Å²) < 4.78 is 0. The van der Waals surface area contributed by atoms with Crippen molar-refractivity contribution < 1.29 is 0 Å². The lowest BCUT2D eigenvalue weighted by Crippen LogP contribution is -1.97. The lowest BCUT2D eigenvalue weighted by atomic mass is 10.2. The van der Waals surface area contributed by atoms with Gasteiger partial charge in [0.25, 0.3) is 0 Å². The summed E-state index contributed by atoms with van der Waals surface area (Å²) in [5.41, 5.74) is 2.51. The number of para-hydroxylation sites is 1. The molecule has 0 aliphatic heterocycles. The van der Waals surface area contributed by atoms with Crippen molar-refractivity contribution in [2.45, 2.75) is 13.8 Å². The monoisotopic (exact) mass is 174 g/mol. The van der Waals surface area contributed by atoms with Crippen LogP contribution in [0.4, 0.5) is 5.82 Å². The quantitative estimate of drug-likeness (QED) is 0.719. The minimum atomic E-state index is 0.952. The molecule has 0 amide bonds. The third-order valence-corrected chi connectivity index (χ3v) is 2.32. The Hall–Kier alpha value is -1.44. The minimum Gasteiger partial charge on any atom is -0.372 e. The Morgan fingerprint density at radius 2 is 2.08 bits per heavy atom. The second-order valence-electron chi connectivity index (χ2n) is 3.20. The van der Waals surface area contributed by atoms with Crippen LogP contribution in [0.25, 0.3) is 10.9 Å². The number of aromatic nitrogens is 1. The Bertz CT molecular complexity index is 415. The molecule has 2 N–H and O–H groups in total. The third kappa shape index (κ3) is 1.28. The molecule has 0 saturated carbocycles. The van der Waals surface area contributed by atoms with Gasteiger partial charge in [0.2, 0.25) is 0 Å². The number of aryl methyl sites for hydroxylation is 1. The first-order valence-corrected chi connectivity index (χ1v) is 4.64. The van der Waals surface area contributed by atoms with Crippen LogP contribution in [-0.2, 0) is 0 Å². The van der Waals surface area contributed by atoms with E-state index in [-0.39, 0.29) is 0 Å².